The zero-order valence-corrected chi connectivity index (χ0v) is 6.32. The van der Waals surface area contributed by atoms with Crippen LogP contribution in [0.2, 0.25) is 0 Å². The van der Waals surface area contributed by atoms with Gasteiger partial charge in [0.2, 0.25) is 11.6 Å². The average Bonchev–Trinajstić information content (AvgIpc) is 2.15. The van der Waals surface area contributed by atoms with E-state index in [0.717, 1.165) is 0 Å². The number of ketones is 2. The molecular formula is C8H8O4. The first-order chi connectivity index (χ1) is 5.63. The largest absolute Gasteiger partial charge is 0.481 e. The fourth-order valence-electron chi connectivity index (χ4n) is 1.04. The van der Waals surface area contributed by atoms with E-state index in [1.807, 2.05) is 0 Å². The second-order valence-electron chi connectivity index (χ2n) is 2.59. The number of allylic oxidation sites excluding steroid dienone is 2. The van der Waals surface area contributed by atoms with Crippen LogP contribution in [-0.4, -0.2) is 22.6 Å². The van der Waals surface area contributed by atoms with E-state index in [1.54, 1.807) is 6.08 Å². The van der Waals surface area contributed by atoms with Gasteiger partial charge in [-0.15, -0.1) is 0 Å². The number of Topliss-reactive ketones (excluding diaryl/α,β-unsaturated/α-hetero) is 2. The number of aliphatic carboxylic acids is 1. The van der Waals surface area contributed by atoms with Gasteiger partial charge in [-0.2, -0.15) is 0 Å². The smallest absolute Gasteiger partial charge is 0.314 e. The Morgan fingerprint density at radius 1 is 1.42 bits per heavy atom. The summed E-state index contributed by atoms with van der Waals surface area (Å²) < 4.78 is 0. The van der Waals surface area contributed by atoms with Crippen molar-refractivity contribution >= 4 is 17.5 Å². The molecule has 0 saturated heterocycles. The highest BCUT2D eigenvalue weighted by Gasteiger charge is 2.30. The number of rotatable bonds is 1. The number of carbonyl (C=O) groups excluding carboxylic acids is 2. The molecule has 0 aliphatic heterocycles. The van der Waals surface area contributed by atoms with Crippen LogP contribution in [0.1, 0.15) is 12.8 Å². The van der Waals surface area contributed by atoms with Crippen molar-refractivity contribution in [1.29, 1.82) is 0 Å². The molecule has 0 saturated carbocycles. The molecule has 4 heteroatoms. The molecule has 0 amide bonds. The Balaban J connectivity index is 2.86. The van der Waals surface area contributed by atoms with Gasteiger partial charge in [0.05, 0.1) is 0 Å². The maximum Gasteiger partial charge on any atom is 0.314 e. The molecule has 4 nitrogen and oxygen atoms in total. The van der Waals surface area contributed by atoms with Crippen molar-refractivity contribution in [2.45, 2.75) is 12.8 Å². The summed E-state index contributed by atoms with van der Waals surface area (Å²) in [4.78, 5) is 32.3. The summed E-state index contributed by atoms with van der Waals surface area (Å²) in [5, 5.41) is 8.54. The maximum absolute atomic E-state index is 11.0. The minimum Gasteiger partial charge on any atom is -0.481 e. The van der Waals surface area contributed by atoms with Gasteiger partial charge in [-0.1, -0.05) is 12.2 Å². The molecule has 1 aliphatic carbocycles. The molecule has 12 heavy (non-hydrogen) atoms. The number of hydrogen-bond acceptors (Lipinski definition) is 3. The van der Waals surface area contributed by atoms with Crippen LogP contribution < -0.4 is 0 Å². The van der Waals surface area contributed by atoms with Gasteiger partial charge >= 0.3 is 5.97 Å². The van der Waals surface area contributed by atoms with Crippen LogP contribution >= 0.6 is 0 Å². The Labute approximate surface area is 68.9 Å². The molecule has 1 rings (SSSR count). The summed E-state index contributed by atoms with van der Waals surface area (Å²) in [6, 6.07) is 0. The van der Waals surface area contributed by atoms with Crippen molar-refractivity contribution in [2.75, 3.05) is 0 Å². The maximum atomic E-state index is 11.0. The van der Waals surface area contributed by atoms with E-state index in [0.29, 0.717) is 0 Å². The SMILES string of the molecule is O=C1CC=CCC(C(=O)O)C1=O. The first kappa shape index (κ1) is 8.64. The lowest BCUT2D eigenvalue weighted by Crippen LogP contribution is -2.28. The summed E-state index contributed by atoms with van der Waals surface area (Å²) >= 11 is 0. The third-order valence-electron chi connectivity index (χ3n) is 1.73. The minimum atomic E-state index is -1.22. The van der Waals surface area contributed by atoms with Gasteiger partial charge in [0.25, 0.3) is 0 Å². The molecule has 64 valence electrons. The molecule has 1 N–H and O–H groups in total. The van der Waals surface area contributed by atoms with Crippen LogP contribution in [0.25, 0.3) is 0 Å². The Bertz CT molecular complexity index is 264. The molecule has 0 fully saturated rings. The lowest BCUT2D eigenvalue weighted by molar-refractivity contribution is -0.149. The average molecular weight is 168 g/mol. The monoisotopic (exact) mass is 168 g/mol. The molecule has 0 aromatic rings. The first-order valence-corrected chi connectivity index (χ1v) is 3.57. The zero-order chi connectivity index (χ0) is 9.14. The minimum absolute atomic E-state index is 0.0304. The van der Waals surface area contributed by atoms with Gasteiger partial charge in [-0.3, -0.25) is 14.4 Å². The molecule has 0 bridgehead atoms. The second-order valence-corrected chi connectivity index (χ2v) is 2.59. The standard InChI is InChI=1S/C8H8O4/c9-6-4-2-1-3-5(7(6)10)8(11)12/h1-2,5H,3-4H2,(H,11,12). The Kier molecular flexibility index (Phi) is 2.38. The van der Waals surface area contributed by atoms with E-state index < -0.39 is 23.5 Å². The van der Waals surface area contributed by atoms with Gasteiger partial charge in [-0.25, -0.2) is 0 Å². The van der Waals surface area contributed by atoms with Crippen LogP contribution in [0.5, 0.6) is 0 Å². The normalized spacial score (nSPS) is 23.8. The van der Waals surface area contributed by atoms with Crippen molar-refractivity contribution in [3.8, 4) is 0 Å². The van der Waals surface area contributed by atoms with Crippen molar-refractivity contribution < 1.29 is 19.5 Å². The zero-order valence-electron chi connectivity index (χ0n) is 6.32. The summed E-state index contributed by atoms with van der Waals surface area (Å²) in [5.41, 5.74) is 0. The van der Waals surface area contributed by atoms with Crippen molar-refractivity contribution in [3.63, 3.8) is 0 Å². The lowest BCUT2D eigenvalue weighted by Gasteiger charge is -2.03. The highest BCUT2D eigenvalue weighted by molar-refractivity contribution is 6.41. The Morgan fingerprint density at radius 3 is 2.67 bits per heavy atom. The molecule has 0 aromatic heterocycles. The fourth-order valence-corrected chi connectivity index (χ4v) is 1.04. The fraction of sp³-hybridized carbons (Fsp3) is 0.375. The van der Waals surface area contributed by atoms with E-state index >= 15 is 0 Å². The Morgan fingerprint density at radius 2 is 2.08 bits per heavy atom. The topological polar surface area (TPSA) is 71.4 Å². The predicted octanol–water partition coefficient (Wildman–Crippen LogP) is 0.175. The summed E-state index contributed by atoms with van der Waals surface area (Å²) in [5.74, 6) is -3.79. The van der Waals surface area contributed by atoms with Crippen LogP contribution in [0.3, 0.4) is 0 Å². The highest BCUT2D eigenvalue weighted by atomic mass is 16.4. The molecule has 1 unspecified atom stereocenters. The predicted molar refractivity (Wildman–Crippen MR) is 39.5 cm³/mol. The number of hydrogen-bond donors (Lipinski definition) is 1. The van der Waals surface area contributed by atoms with Gasteiger partial charge in [0, 0.05) is 6.42 Å². The molecule has 1 atom stereocenters. The third-order valence-corrected chi connectivity index (χ3v) is 1.73. The molecule has 0 heterocycles. The first-order valence-electron chi connectivity index (χ1n) is 3.57. The van der Waals surface area contributed by atoms with Crippen molar-refractivity contribution in [1.82, 2.24) is 0 Å². The van der Waals surface area contributed by atoms with E-state index in [2.05, 4.69) is 0 Å². The van der Waals surface area contributed by atoms with Gasteiger partial charge < -0.3 is 5.11 Å². The summed E-state index contributed by atoms with van der Waals surface area (Å²) in [6.07, 6.45) is 3.24. The van der Waals surface area contributed by atoms with E-state index in [-0.39, 0.29) is 12.8 Å². The third kappa shape index (κ3) is 1.58. The number of carbonyl (C=O) groups is 3. The van der Waals surface area contributed by atoms with Crippen LogP contribution in [0, 0.1) is 5.92 Å². The number of carboxylic acid groups (broad SMARTS) is 1. The molecule has 0 aromatic carbocycles. The summed E-state index contributed by atoms with van der Waals surface area (Å²) in [6.45, 7) is 0. The Hall–Kier alpha value is -1.45. The van der Waals surface area contributed by atoms with Crippen LogP contribution in [-0.2, 0) is 14.4 Å². The lowest BCUT2D eigenvalue weighted by atomic mass is 9.99. The molecule has 1 aliphatic rings. The van der Waals surface area contributed by atoms with E-state index in [1.165, 1.54) is 6.08 Å². The quantitative estimate of drug-likeness (QED) is 0.344. The van der Waals surface area contributed by atoms with Crippen molar-refractivity contribution in [2.24, 2.45) is 5.92 Å². The molecule has 0 spiro atoms. The van der Waals surface area contributed by atoms with Crippen LogP contribution in [0.15, 0.2) is 12.2 Å². The van der Waals surface area contributed by atoms with Gasteiger partial charge in [0.1, 0.15) is 5.92 Å². The van der Waals surface area contributed by atoms with E-state index in [4.69, 9.17) is 5.11 Å². The summed E-state index contributed by atoms with van der Waals surface area (Å²) in [7, 11) is 0. The highest BCUT2D eigenvalue weighted by Crippen LogP contribution is 2.12. The van der Waals surface area contributed by atoms with Crippen molar-refractivity contribution in [3.05, 3.63) is 12.2 Å². The molecule has 0 radical (unpaired) electrons. The van der Waals surface area contributed by atoms with Gasteiger partial charge in [-0.05, 0) is 6.42 Å². The van der Waals surface area contributed by atoms with Crippen LogP contribution in [0.4, 0.5) is 0 Å². The van der Waals surface area contributed by atoms with Gasteiger partial charge in [0.15, 0.2) is 0 Å². The molecular weight excluding hydrogens is 160 g/mol. The number of carboxylic acids is 1. The second kappa shape index (κ2) is 3.30. The van der Waals surface area contributed by atoms with E-state index in [9.17, 15) is 14.4 Å².